The van der Waals surface area contributed by atoms with Gasteiger partial charge in [-0.25, -0.2) is 14.4 Å². The summed E-state index contributed by atoms with van der Waals surface area (Å²) in [6.45, 7) is 1.87. The van der Waals surface area contributed by atoms with Crippen molar-refractivity contribution in [2.24, 2.45) is 0 Å². The van der Waals surface area contributed by atoms with Crippen molar-refractivity contribution in [3.8, 4) is 11.5 Å². The number of nitrogens with one attached hydrogen (secondary N) is 2. The van der Waals surface area contributed by atoms with Crippen LogP contribution in [-0.2, 0) is 4.74 Å². The molecule has 1 unspecified atom stereocenters. The molecule has 2 aliphatic heterocycles. The van der Waals surface area contributed by atoms with Gasteiger partial charge in [-0.2, -0.15) is 4.98 Å². The Morgan fingerprint density at radius 1 is 1.24 bits per heavy atom. The fourth-order valence-electron chi connectivity index (χ4n) is 5.00. The second-order valence-electron chi connectivity index (χ2n) is 9.38. The molecule has 2 saturated heterocycles. The minimum absolute atomic E-state index is 0.0511. The molecule has 0 saturated carbocycles. The lowest BCUT2D eigenvalue weighted by Gasteiger charge is -2.33. The van der Waals surface area contributed by atoms with E-state index in [0.717, 1.165) is 38.3 Å². The van der Waals surface area contributed by atoms with Crippen LogP contribution in [0.4, 0.5) is 21.8 Å². The van der Waals surface area contributed by atoms with Crippen molar-refractivity contribution in [2.75, 3.05) is 30.7 Å². The maximum Gasteiger partial charge on any atom is 0.272 e. The molecule has 188 valence electrons. The smallest absolute Gasteiger partial charge is 0.272 e. The summed E-state index contributed by atoms with van der Waals surface area (Å²) in [6.07, 6.45) is 6.16. The molecule has 1 spiro atoms. The first-order valence-electron chi connectivity index (χ1n) is 12.2. The van der Waals surface area contributed by atoms with Crippen LogP contribution in [0.15, 0.2) is 48.8 Å². The zero-order chi connectivity index (χ0) is 25.4. The largest absolute Gasteiger partial charge is 0.453 e. The van der Waals surface area contributed by atoms with Gasteiger partial charge in [0.2, 0.25) is 5.95 Å². The van der Waals surface area contributed by atoms with Gasteiger partial charge in [0.15, 0.2) is 11.6 Å². The van der Waals surface area contributed by atoms with Gasteiger partial charge >= 0.3 is 0 Å². The molecule has 2 aliphatic rings. The fraction of sp³-hybridized carbons (Fsp3) is 0.280. The van der Waals surface area contributed by atoms with Gasteiger partial charge in [-0.1, -0.05) is 6.32 Å². The van der Waals surface area contributed by atoms with Gasteiger partial charge in [0.05, 0.1) is 11.0 Å². The lowest BCUT2D eigenvalue weighted by Crippen LogP contribution is -2.42. The lowest BCUT2D eigenvalue weighted by molar-refractivity contribution is -0.0227. The van der Waals surface area contributed by atoms with Crippen LogP contribution in [0.1, 0.15) is 16.9 Å². The first-order valence-corrected chi connectivity index (χ1v) is 12.2. The van der Waals surface area contributed by atoms with Crippen LogP contribution in [0, 0.1) is 5.82 Å². The molecule has 10 nitrogen and oxygen atoms in total. The molecule has 12 heteroatoms. The maximum absolute atomic E-state index is 14.9. The van der Waals surface area contributed by atoms with E-state index in [-0.39, 0.29) is 34.7 Å². The molecule has 1 amide bonds. The van der Waals surface area contributed by atoms with E-state index in [0.29, 0.717) is 30.2 Å². The van der Waals surface area contributed by atoms with Gasteiger partial charge in [0, 0.05) is 49.9 Å². The maximum atomic E-state index is 14.9. The predicted molar refractivity (Wildman–Crippen MR) is 138 cm³/mol. The molecule has 1 atom stereocenters. The van der Waals surface area contributed by atoms with Gasteiger partial charge in [-0.15, -0.1) is 0 Å². The summed E-state index contributed by atoms with van der Waals surface area (Å²) >= 11 is 0. The van der Waals surface area contributed by atoms with Crippen LogP contribution >= 0.6 is 0 Å². The van der Waals surface area contributed by atoms with E-state index >= 15 is 0 Å². The van der Waals surface area contributed by atoms with Crippen LogP contribution < -0.4 is 15.8 Å². The second kappa shape index (κ2) is 9.36. The normalized spacial score (nSPS) is 19.2. The average Bonchev–Trinajstić information content (AvgIpc) is 3.53. The van der Waals surface area contributed by atoms with E-state index in [9.17, 15) is 9.18 Å². The molecule has 4 N–H and O–H groups in total. The number of aromatic amines is 1. The number of hydrogen-bond acceptors (Lipinski definition) is 8. The highest BCUT2D eigenvalue weighted by atomic mass is 19.1. The predicted octanol–water partition coefficient (Wildman–Crippen LogP) is 3.50. The number of carbonyl (C=O) groups is 1. The van der Waals surface area contributed by atoms with E-state index in [1.165, 1.54) is 18.2 Å². The Balaban J connectivity index is 1.17. The number of nitrogens with two attached hydrogens (primary N) is 1. The molecule has 2 fully saturated rings. The third kappa shape index (κ3) is 4.67. The number of benzene rings is 1. The third-order valence-corrected chi connectivity index (χ3v) is 6.85. The van der Waals surface area contributed by atoms with Crippen LogP contribution in [0.5, 0.6) is 11.5 Å². The number of anilines is 3. The Hall–Kier alpha value is -4.19. The number of carbonyl (C=O) groups excluding carboxylic acids is 1. The number of ether oxygens (including phenoxy) is 2. The minimum Gasteiger partial charge on any atom is -0.453 e. The highest BCUT2D eigenvalue weighted by molar-refractivity contribution is 6.36. The first-order chi connectivity index (χ1) is 18.0. The van der Waals surface area contributed by atoms with E-state index in [1.54, 1.807) is 29.4 Å². The summed E-state index contributed by atoms with van der Waals surface area (Å²) in [7, 11) is 1.11. The van der Waals surface area contributed by atoms with Crippen molar-refractivity contribution in [3.05, 3.63) is 60.3 Å². The minimum atomic E-state index is -0.571. The molecular formula is C25H25BFN7O3. The SMILES string of the molecule is Nc1nc(Nc2ccc(Oc3ccnc4[nH]ccc34)c(F)c2)cc(C(=O)N2CCC3(CBCCO3)C2)n1. The number of pyridine rings is 1. The Bertz CT molecular complexity index is 1470. The molecule has 37 heavy (non-hydrogen) atoms. The zero-order valence-electron chi connectivity index (χ0n) is 20.0. The van der Waals surface area contributed by atoms with Crippen LogP contribution in [0.2, 0.25) is 12.6 Å². The third-order valence-electron chi connectivity index (χ3n) is 6.85. The van der Waals surface area contributed by atoms with Crippen molar-refractivity contribution in [1.82, 2.24) is 24.8 Å². The Labute approximate surface area is 212 Å². The van der Waals surface area contributed by atoms with Crippen molar-refractivity contribution < 1.29 is 18.7 Å². The number of hydrogen-bond donors (Lipinski definition) is 3. The average molecular weight is 501 g/mol. The fourth-order valence-corrected chi connectivity index (χ4v) is 5.00. The molecule has 5 heterocycles. The lowest BCUT2D eigenvalue weighted by atomic mass is 9.63. The molecule has 0 aliphatic carbocycles. The monoisotopic (exact) mass is 501 g/mol. The van der Waals surface area contributed by atoms with E-state index < -0.39 is 5.82 Å². The summed E-state index contributed by atoms with van der Waals surface area (Å²) in [5.74, 6) is -0.0185. The van der Waals surface area contributed by atoms with E-state index in [2.05, 4.69) is 25.3 Å². The van der Waals surface area contributed by atoms with Crippen LogP contribution in [0.3, 0.4) is 0 Å². The number of aromatic nitrogens is 4. The standard InChI is InChI=1S/C25H25BFN7O3/c27-17-11-15(1-2-20(17)37-19-4-8-30-22-16(19)3-7-29-22)31-21-12-18(32-24(28)33-21)23(35)34-9-5-25(14-34)13-26-6-10-36-25/h1-4,7-8,11-12,26H,5-6,9-10,13-14H2,(H,29,30)(H3,28,31,32,33). The number of nitrogens with zero attached hydrogens (tertiary/aromatic N) is 4. The summed E-state index contributed by atoms with van der Waals surface area (Å²) in [6, 6.07) is 9.46. The Morgan fingerprint density at radius 3 is 3.00 bits per heavy atom. The Morgan fingerprint density at radius 2 is 2.16 bits per heavy atom. The van der Waals surface area contributed by atoms with Crippen molar-refractivity contribution >= 4 is 41.7 Å². The van der Waals surface area contributed by atoms with Gasteiger partial charge in [0.25, 0.3) is 5.91 Å². The quantitative estimate of drug-likeness (QED) is 0.354. The number of H-pyrrole nitrogens is 1. The van der Waals surface area contributed by atoms with Crippen molar-refractivity contribution in [1.29, 1.82) is 0 Å². The summed E-state index contributed by atoms with van der Waals surface area (Å²) in [5, 5.41) is 3.75. The first kappa shape index (κ1) is 23.2. The van der Waals surface area contributed by atoms with Gasteiger partial charge in [-0.05, 0) is 37.0 Å². The molecule has 1 aromatic carbocycles. The van der Waals surface area contributed by atoms with E-state index in [1.807, 2.05) is 6.07 Å². The number of fused-ring (bicyclic) bond motifs is 1. The van der Waals surface area contributed by atoms with Crippen molar-refractivity contribution in [3.63, 3.8) is 0 Å². The number of amides is 1. The molecule has 0 bridgehead atoms. The number of halogens is 1. The van der Waals surface area contributed by atoms with Crippen LogP contribution in [0.25, 0.3) is 11.0 Å². The topological polar surface area (TPSA) is 131 Å². The molecule has 3 aromatic heterocycles. The molecule has 4 aromatic rings. The summed E-state index contributed by atoms with van der Waals surface area (Å²) in [4.78, 5) is 30.5. The number of nitrogen functional groups attached to an aromatic ring is 1. The highest BCUT2D eigenvalue weighted by Gasteiger charge is 2.42. The summed E-state index contributed by atoms with van der Waals surface area (Å²) in [5.41, 5.74) is 6.89. The van der Waals surface area contributed by atoms with Gasteiger partial charge < -0.3 is 30.4 Å². The van der Waals surface area contributed by atoms with Gasteiger partial charge in [0.1, 0.15) is 30.2 Å². The Kier molecular flexibility index (Phi) is 5.88. The summed E-state index contributed by atoms with van der Waals surface area (Å²) < 4.78 is 26.7. The molecular weight excluding hydrogens is 476 g/mol. The van der Waals surface area contributed by atoms with Crippen molar-refractivity contribution in [2.45, 2.75) is 24.7 Å². The number of rotatable bonds is 5. The second-order valence-corrected chi connectivity index (χ2v) is 9.38. The van der Waals surface area contributed by atoms with Crippen LogP contribution in [-0.4, -0.2) is 63.3 Å². The number of likely N-dealkylation sites (tertiary alicyclic amines) is 1. The molecule has 6 rings (SSSR count). The van der Waals surface area contributed by atoms with E-state index in [4.69, 9.17) is 15.2 Å². The molecule has 0 radical (unpaired) electrons. The zero-order valence-corrected chi connectivity index (χ0v) is 20.0. The van der Waals surface area contributed by atoms with Gasteiger partial charge in [-0.3, -0.25) is 4.79 Å². The highest BCUT2D eigenvalue weighted by Crippen LogP contribution is 2.34.